The van der Waals surface area contributed by atoms with Crippen LogP contribution in [0.3, 0.4) is 0 Å². The van der Waals surface area contributed by atoms with E-state index in [4.69, 9.17) is 9.47 Å². The van der Waals surface area contributed by atoms with Crippen molar-refractivity contribution in [1.29, 1.82) is 0 Å². The Kier molecular flexibility index (Phi) is 7.33. The first-order valence-corrected chi connectivity index (χ1v) is 11.7. The molecule has 1 aliphatic heterocycles. The topological polar surface area (TPSA) is 84.9 Å². The number of anilines is 1. The number of nitrogens with one attached hydrogen (secondary N) is 1. The zero-order chi connectivity index (χ0) is 21.6. The number of nitrogens with zero attached hydrogens (tertiary/aromatic N) is 1. The molecule has 2 aromatic carbocycles. The molecule has 1 N–H and O–H groups in total. The number of amides is 1. The molecule has 1 aliphatic rings. The first-order chi connectivity index (χ1) is 14.5. The summed E-state index contributed by atoms with van der Waals surface area (Å²) in [5.74, 6) is 0.753. The highest BCUT2D eigenvalue weighted by Crippen LogP contribution is 2.31. The maximum atomic E-state index is 12.9. The molecule has 0 bridgehead atoms. The molecule has 0 spiro atoms. The molecule has 7 nitrogen and oxygen atoms in total. The van der Waals surface area contributed by atoms with Crippen LogP contribution in [0.15, 0.2) is 47.4 Å². The summed E-state index contributed by atoms with van der Waals surface area (Å²) in [6.07, 6.45) is 2.76. The van der Waals surface area contributed by atoms with Crippen molar-refractivity contribution in [3.8, 4) is 11.5 Å². The third-order valence-corrected chi connectivity index (χ3v) is 6.74. The third-order valence-electron chi connectivity index (χ3n) is 4.85. The van der Waals surface area contributed by atoms with Gasteiger partial charge in [0.1, 0.15) is 0 Å². The van der Waals surface area contributed by atoms with Crippen molar-refractivity contribution in [3.05, 3.63) is 48.0 Å². The van der Waals surface area contributed by atoms with Crippen LogP contribution in [0.1, 0.15) is 43.5 Å². The van der Waals surface area contributed by atoms with E-state index in [0.717, 1.165) is 19.3 Å². The van der Waals surface area contributed by atoms with Crippen molar-refractivity contribution in [3.63, 3.8) is 0 Å². The van der Waals surface area contributed by atoms with E-state index in [-0.39, 0.29) is 10.5 Å². The second-order valence-electron chi connectivity index (χ2n) is 6.97. The van der Waals surface area contributed by atoms with Crippen molar-refractivity contribution >= 4 is 21.6 Å². The maximum Gasteiger partial charge on any atom is 0.255 e. The molecule has 1 amide bonds. The van der Waals surface area contributed by atoms with E-state index in [1.807, 2.05) is 13.8 Å². The molecule has 2 aromatic rings. The summed E-state index contributed by atoms with van der Waals surface area (Å²) in [4.78, 5) is 12.9. The number of benzene rings is 2. The summed E-state index contributed by atoms with van der Waals surface area (Å²) >= 11 is 0. The summed E-state index contributed by atoms with van der Waals surface area (Å²) < 4.78 is 38.4. The van der Waals surface area contributed by atoms with Crippen molar-refractivity contribution in [2.45, 2.75) is 38.0 Å². The fourth-order valence-electron chi connectivity index (χ4n) is 3.38. The molecule has 30 heavy (non-hydrogen) atoms. The van der Waals surface area contributed by atoms with Crippen LogP contribution in [0, 0.1) is 0 Å². The second kappa shape index (κ2) is 9.95. The fraction of sp³-hybridized carbons (Fsp3) is 0.409. The number of hydrogen-bond donors (Lipinski definition) is 1. The second-order valence-corrected chi connectivity index (χ2v) is 8.91. The molecule has 0 atom stereocenters. The quantitative estimate of drug-likeness (QED) is 0.684. The van der Waals surface area contributed by atoms with Gasteiger partial charge in [0.15, 0.2) is 11.5 Å². The largest absolute Gasteiger partial charge is 0.490 e. The van der Waals surface area contributed by atoms with Crippen LogP contribution >= 0.6 is 0 Å². The van der Waals surface area contributed by atoms with E-state index >= 15 is 0 Å². The predicted molar refractivity (Wildman–Crippen MR) is 116 cm³/mol. The van der Waals surface area contributed by atoms with Gasteiger partial charge >= 0.3 is 0 Å². The highest BCUT2D eigenvalue weighted by atomic mass is 32.2. The lowest BCUT2D eigenvalue weighted by Crippen LogP contribution is -2.35. The Labute approximate surface area is 178 Å². The van der Waals surface area contributed by atoms with Gasteiger partial charge in [0.05, 0.1) is 18.1 Å². The molecule has 1 saturated heterocycles. The lowest BCUT2D eigenvalue weighted by molar-refractivity contribution is 0.102. The predicted octanol–water partition coefficient (Wildman–Crippen LogP) is 3.91. The minimum atomic E-state index is -3.60. The number of rotatable bonds is 8. The summed E-state index contributed by atoms with van der Waals surface area (Å²) in [5.41, 5.74) is 0.816. The van der Waals surface area contributed by atoms with Gasteiger partial charge in [-0.3, -0.25) is 4.79 Å². The summed E-state index contributed by atoms with van der Waals surface area (Å²) in [6, 6.07) is 11.3. The van der Waals surface area contributed by atoms with Crippen molar-refractivity contribution in [2.24, 2.45) is 0 Å². The average molecular weight is 433 g/mol. The minimum absolute atomic E-state index is 0.138. The van der Waals surface area contributed by atoms with Crippen LogP contribution in [0.25, 0.3) is 0 Å². The Bertz CT molecular complexity index is 985. The molecule has 0 aromatic heterocycles. The van der Waals surface area contributed by atoms with E-state index in [1.54, 1.807) is 30.3 Å². The van der Waals surface area contributed by atoms with Gasteiger partial charge in [0, 0.05) is 30.4 Å². The Hall–Kier alpha value is -2.58. The maximum absolute atomic E-state index is 12.9. The molecule has 0 aliphatic carbocycles. The van der Waals surface area contributed by atoms with Gasteiger partial charge in [0.25, 0.3) is 5.91 Å². The van der Waals surface area contributed by atoms with Crippen LogP contribution in [-0.4, -0.2) is 44.9 Å². The Balaban J connectivity index is 1.79. The molecule has 8 heteroatoms. The van der Waals surface area contributed by atoms with Gasteiger partial charge in [-0.25, -0.2) is 8.42 Å². The molecule has 1 heterocycles. The number of carbonyl (C=O) groups is 1. The molecule has 162 valence electrons. The summed E-state index contributed by atoms with van der Waals surface area (Å²) in [7, 11) is -3.60. The Morgan fingerprint density at radius 2 is 1.67 bits per heavy atom. The van der Waals surface area contributed by atoms with Crippen molar-refractivity contribution < 1.29 is 22.7 Å². The normalized spacial score (nSPS) is 14.9. The highest BCUT2D eigenvalue weighted by molar-refractivity contribution is 7.89. The number of hydrogen-bond acceptors (Lipinski definition) is 5. The molecule has 0 radical (unpaired) electrons. The standard InChI is InChI=1S/C22H28N2O5S/c1-3-28-20-12-11-18(16-21(20)29-4-2)23-22(25)17-9-8-10-19(15-17)30(26,27)24-13-6-5-7-14-24/h8-12,15-16H,3-7,13-14H2,1-2H3,(H,23,25). The summed E-state index contributed by atoms with van der Waals surface area (Å²) in [5, 5.41) is 2.80. The van der Waals surface area contributed by atoms with E-state index in [9.17, 15) is 13.2 Å². The number of ether oxygens (including phenoxy) is 2. The van der Waals surface area contributed by atoms with E-state index in [2.05, 4.69) is 5.32 Å². The fourth-order valence-corrected chi connectivity index (χ4v) is 4.95. The van der Waals surface area contributed by atoms with Crippen LogP contribution in [0.2, 0.25) is 0 Å². The van der Waals surface area contributed by atoms with Crippen LogP contribution in [0.5, 0.6) is 11.5 Å². The molecule has 0 saturated carbocycles. The molecular weight excluding hydrogens is 404 g/mol. The zero-order valence-corrected chi connectivity index (χ0v) is 18.2. The van der Waals surface area contributed by atoms with Crippen LogP contribution < -0.4 is 14.8 Å². The van der Waals surface area contributed by atoms with Gasteiger partial charge in [-0.05, 0) is 57.0 Å². The van der Waals surface area contributed by atoms with Crippen molar-refractivity contribution in [1.82, 2.24) is 4.31 Å². The lowest BCUT2D eigenvalue weighted by atomic mass is 10.2. The van der Waals surface area contributed by atoms with Crippen LogP contribution in [-0.2, 0) is 10.0 Å². The van der Waals surface area contributed by atoms with Gasteiger partial charge in [-0.1, -0.05) is 12.5 Å². The average Bonchev–Trinajstić information content (AvgIpc) is 2.76. The van der Waals surface area contributed by atoms with Gasteiger partial charge in [-0.15, -0.1) is 0 Å². The molecular formula is C22H28N2O5S. The number of carbonyl (C=O) groups excluding carboxylic acids is 1. The van der Waals surface area contributed by atoms with Gasteiger partial charge in [0.2, 0.25) is 10.0 Å². The molecule has 1 fully saturated rings. The lowest BCUT2D eigenvalue weighted by Gasteiger charge is -2.26. The number of piperidine rings is 1. The van der Waals surface area contributed by atoms with Gasteiger partial charge < -0.3 is 14.8 Å². The Morgan fingerprint density at radius 3 is 2.37 bits per heavy atom. The smallest absolute Gasteiger partial charge is 0.255 e. The van der Waals surface area contributed by atoms with E-state index < -0.39 is 15.9 Å². The first kappa shape index (κ1) is 22.1. The monoisotopic (exact) mass is 432 g/mol. The number of sulfonamides is 1. The Morgan fingerprint density at radius 1 is 0.967 bits per heavy atom. The zero-order valence-electron chi connectivity index (χ0n) is 17.4. The van der Waals surface area contributed by atoms with Crippen LogP contribution in [0.4, 0.5) is 5.69 Å². The van der Waals surface area contributed by atoms with Crippen molar-refractivity contribution in [2.75, 3.05) is 31.6 Å². The SMILES string of the molecule is CCOc1ccc(NC(=O)c2cccc(S(=O)(=O)N3CCCCC3)c2)cc1OCC. The van der Waals surface area contributed by atoms with E-state index in [1.165, 1.54) is 16.4 Å². The van der Waals surface area contributed by atoms with Gasteiger partial charge in [-0.2, -0.15) is 4.31 Å². The third kappa shape index (κ3) is 5.12. The first-order valence-electron chi connectivity index (χ1n) is 10.3. The molecule has 0 unspecified atom stereocenters. The molecule has 3 rings (SSSR count). The highest BCUT2D eigenvalue weighted by Gasteiger charge is 2.26. The summed E-state index contributed by atoms with van der Waals surface area (Å²) in [6.45, 7) is 5.76. The minimum Gasteiger partial charge on any atom is -0.490 e. The van der Waals surface area contributed by atoms with E-state index in [0.29, 0.717) is 43.5 Å².